The van der Waals surface area contributed by atoms with E-state index in [0.29, 0.717) is 16.2 Å². The second-order valence-electron chi connectivity index (χ2n) is 6.57. The number of nitro benzene ring substituents is 1. The molecular weight excluding hydrogens is 404 g/mol. The molecule has 1 aromatic heterocycles. The molecule has 156 valence electrons. The van der Waals surface area contributed by atoms with Crippen LogP contribution in [0.15, 0.2) is 52.8 Å². The van der Waals surface area contributed by atoms with Crippen LogP contribution in [0.4, 0.5) is 17.1 Å². The van der Waals surface area contributed by atoms with Gasteiger partial charge in [-0.15, -0.1) is 11.3 Å². The van der Waals surface area contributed by atoms with E-state index >= 15 is 0 Å². The Kier molecular flexibility index (Phi) is 6.63. The summed E-state index contributed by atoms with van der Waals surface area (Å²) < 4.78 is 7.06. The molecule has 1 amide bonds. The quantitative estimate of drug-likeness (QED) is 0.456. The zero-order chi connectivity index (χ0) is 21.7. The van der Waals surface area contributed by atoms with Crippen molar-refractivity contribution in [2.45, 2.75) is 19.8 Å². The molecule has 0 bridgehead atoms. The number of amides is 1. The first kappa shape index (κ1) is 21.3. The number of rotatable bonds is 7. The lowest BCUT2D eigenvalue weighted by Crippen LogP contribution is -2.19. The van der Waals surface area contributed by atoms with E-state index in [2.05, 4.69) is 17.2 Å². The van der Waals surface area contributed by atoms with Gasteiger partial charge < -0.3 is 14.6 Å². The van der Waals surface area contributed by atoms with Crippen molar-refractivity contribution in [3.05, 3.63) is 74.0 Å². The summed E-state index contributed by atoms with van der Waals surface area (Å²) in [5.41, 5.74) is 3.20. The largest absolute Gasteiger partial charge is 0.494 e. The average molecular weight is 426 g/mol. The normalized spacial score (nSPS) is 11.4. The molecule has 0 unspecified atom stereocenters. The van der Waals surface area contributed by atoms with Crippen molar-refractivity contribution >= 4 is 34.3 Å². The number of hydrogen-bond acceptors (Lipinski definition) is 6. The number of benzene rings is 2. The van der Waals surface area contributed by atoms with Crippen molar-refractivity contribution in [2.75, 3.05) is 12.4 Å². The Bertz CT molecular complexity index is 1130. The number of methoxy groups -OCH3 is 1. The van der Waals surface area contributed by atoms with Gasteiger partial charge in [-0.1, -0.05) is 19.1 Å². The molecule has 3 rings (SSSR count). The molecule has 1 N–H and O–H groups in total. The number of thiazole rings is 1. The number of carbonyl (C=O) groups excluding carboxylic acids is 1. The summed E-state index contributed by atoms with van der Waals surface area (Å²) in [5, 5.41) is 15.7. The van der Waals surface area contributed by atoms with Crippen LogP contribution in [0.3, 0.4) is 0 Å². The molecule has 0 saturated carbocycles. The number of nitrogens with zero attached hydrogens (tertiary/aromatic N) is 3. The maximum atomic E-state index is 12.4. The number of aromatic nitrogens is 1. The van der Waals surface area contributed by atoms with E-state index in [9.17, 15) is 14.9 Å². The number of ether oxygens (including phenoxy) is 1. The fourth-order valence-electron chi connectivity index (χ4n) is 2.83. The van der Waals surface area contributed by atoms with Gasteiger partial charge in [0.1, 0.15) is 5.69 Å². The van der Waals surface area contributed by atoms with Gasteiger partial charge in [0.15, 0.2) is 10.6 Å². The highest BCUT2D eigenvalue weighted by molar-refractivity contribution is 7.07. The zero-order valence-corrected chi connectivity index (χ0v) is 17.7. The van der Waals surface area contributed by atoms with Gasteiger partial charge in [-0.2, -0.15) is 0 Å². The van der Waals surface area contributed by atoms with Crippen LogP contribution in [0.5, 0.6) is 5.75 Å². The summed E-state index contributed by atoms with van der Waals surface area (Å²) in [6.45, 7) is 2.08. The van der Waals surface area contributed by atoms with Crippen LogP contribution < -0.4 is 14.9 Å². The number of non-ortho nitro benzene ring substituents is 1. The van der Waals surface area contributed by atoms with E-state index in [1.165, 1.54) is 36.1 Å². The molecule has 0 aliphatic rings. The van der Waals surface area contributed by atoms with Crippen molar-refractivity contribution in [3.63, 3.8) is 0 Å². The smallest absolute Gasteiger partial charge is 0.273 e. The molecule has 0 aliphatic heterocycles. The highest BCUT2D eigenvalue weighted by atomic mass is 32.1. The first-order valence-electron chi connectivity index (χ1n) is 9.30. The maximum absolute atomic E-state index is 12.4. The predicted molar refractivity (Wildman–Crippen MR) is 116 cm³/mol. The Balaban J connectivity index is 1.78. The monoisotopic (exact) mass is 426 g/mol. The van der Waals surface area contributed by atoms with Gasteiger partial charge in [-0.3, -0.25) is 14.9 Å². The Labute approximate surface area is 177 Å². The number of nitrogens with one attached hydrogen (secondary N) is 1. The second-order valence-corrected chi connectivity index (χ2v) is 7.41. The summed E-state index contributed by atoms with van der Waals surface area (Å²) in [4.78, 5) is 28.1. The highest BCUT2D eigenvalue weighted by Crippen LogP contribution is 2.31. The summed E-state index contributed by atoms with van der Waals surface area (Å²) in [6.07, 6.45) is 1.15. The molecule has 3 aromatic rings. The van der Waals surface area contributed by atoms with Gasteiger partial charge in [-0.05, 0) is 30.2 Å². The van der Waals surface area contributed by atoms with Gasteiger partial charge in [0.05, 0.1) is 24.5 Å². The third-order valence-electron chi connectivity index (χ3n) is 4.60. The maximum Gasteiger partial charge on any atom is 0.273 e. The first-order chi connectivity index (χ1) is 14.4. The topological polar surface area (TPSA) is 98.8 Å². The van der Waals surface area contributed by atoms with Crippen molar-refractivity contribution in [3.8, 4) is 5.75 Å². The van der Waals surface area contributed by atoms with Crippen molar-refractivity contribution in [2.24, 2.45) is 12.0 Å². The number of anilines is 1. The molecule has 1 heterocycles. The molecule has 0 aliphatic carbocycles. The van der Waals surface area contributed by atoms with Crippen LogP contribution in [0.25, 0.3) is 0 Å². The molecule has 0 atom stereocenters. The zero-order valence-electron chi connectivity index (χ0n) is 16.9. The molecule has 0 radical (unpaired) electrons. The minimum Gasteiger partial charge on any atom is -0.494 e. The van der Waals surface area contributed by atoms with Crippen molar-refractivity contribution in [1.29, 1.82) is 0 Å². The lowest BCUT2D eigenvalue weighted by molar-refractivity contribution is -0.384. The Morgan fingerprint density at radius 3 is 2.63 bits per heavy atom. The summed E-state index contributed by atoms with van der Waals surface area (Å²) in [6, 6.07) is 12.0. The predicted octanol–water partition coefficient (Wildman–Crippen LogP) is 3.98. The molecule has 0 saturated heterocycles. The van der Waals surface area contributed by atoms with Crippen LogP contribution in [0.2, 0.25) is 0 Å². The molecule has 0 fully saturated rings. The standard InChI is InChI=1S/C21H22N4O4S/c1-4-14-5-7-15(8-6-14)22-20(26)12-17-13-30-21(24(17)2)23-18-10-9-16(25(27)28)11-19(18)29-3/h5-11,13H,4,12H2,1-3H3,(H,22,26). The van der Waals surface area contributed by atoms with Crippen molar-refractivity contribution < 1.29 is 14.5 Å². The van der Waals surface area contributed by atoms with Crippen LogP contribution in [-0.4, -0.2) is 22.5 Å². The fourth-order valence-corrected chi connectivity index (χ4v) is 3.74. The van der Waals surface area contributed by atoms with Crippen LogP contribution in [0, 0.1) is 10.1 Å². The lowest BCUT2D eigenvalue weighted by atomic mass is 10.1. The molecule has 0 spiro atoms. The van der Waals surface area contributed by atoms with E-state index in [1.807, 2.05) is 41.3 Å². The van der Waals surface area contributed by atoms with Gasteiger partial charge in [0.2, 0.25) is 5.91 Å². The van der Waals surface area contributed by atoms with Crippen molar-refractivity contribution in [1.82, 2.24) is 4.57 Å². The average Bonchev–Trinajstić information content (AvgIpc) is 3.07. The third kappa shape index (κ3) is 4.93. The summed E-state index contributed by atoms with van der Waals surface area (Å²) in [5.74, 6) is 0.194. The second kappa shape index (κ2) is 9.36. The third-order valence-corrected chi connectivity index (χ3v) is 5.56. The van der Waals surface area contributed by atoms with E-state index in [1.54, 1.807) is 6.07 Å². The van der Waals surface area contributed by atoms with Gasteiger partial charge in [-0.25, -0.2) is 4.99 Å². The minimum absolute atomic E-state index is 0.0642. The number of nitro groups is 1. The minimum atomic E-state index is -0.482. The number of carbonyl (C=O) groups is 1. The van der Waals surface area contributed by atoms with E-state index in [4.69, 9.17) is 4.74 Å². The highest BCUT2D eigenvalue weighted by Gasteiger charge is 2.12. The number of hydrogen-bond donors (Lipinski definition) is 1. The Hall–Kier alpha value is -3.46. The van der Waals surface area contributed by atoms with E-state index < -0.39 is 4.92 Å². The molecule has 30 heavy (non-hydrogen) atoms. The molecule has 9 heteroatoms. The Morgan fingerprint density at radius 1 is 1.27 bits per heavy atom. The van der Waals surface area contributed by atoms with Gasteiger partial charge in [0.25, 0.3) is 5.69 Å². The van der Waals surface area contributed by atoms with Gasteiger partial charge in [0, 0.05) is 29.9 Å². The summed E-state index contributed by atoms with van der Waals surface area (Å²) >= 11 is 1.38. The van der Waals surface area contributed by atoms with Crippen LogP contribution in [-0.2, 0) is 24.7 Å². The van der Waals surface area contributed by atoms with Crippen LogP contribution in [0.1, 0.15) is 18.2 Å². The summed E-state index contributed by atoms with van der Waals surface area (Å²) in [7, 11) is 3.27. The first-order valence-corrected chi connectivity index (χ1v) is 10.2. The molecule has 2 aromatic carbocycles. The van der Waals surface area contributed by atoms with E-state index in [-0.39, 0.29) is 18.0 Å². The lowest BCUT2D eigenvalue weighted by Gasteiger charge is -2.07. The number of aryl methyl sites for hydroxylation is 1. The Morgan fingerprint density at radius 2 is 2.00 bits per heavy atom. The SMILES string of the molecule is CCc1ccc(NC(=O)Cc2csc(=Nc3ccc([N+](=O)[O-])cc3OC)n2C)cc1. The van der Waals surface area contributed by atoms with Gasteiger partial charge >= 0.3 is 0 Å². The molecular formula is C21H22N4O4S. The van der Waals surface area contributed by atoms with E-state index in [0.717, 1.165) is 17.8 Å². The fraction of sp³-hybridized carbons (Fsp3) is 0.238. The molecule has 8 nitrogen and oxygen atoms in total. The van der Waals surface area contributed by atoms with Crippen LogP contribution >= 0.6 is 11.3 Å².